The second-order valence-corrected chi connectivity index (χ2v) is 6.33. The highest BCUT2D eigenvalue weighted by Gasteiger charge is 2.13. The summed E-state index contributed by atoms with van der Waals surface area (Å²) in [4.78, 5) is 29.0. The molecule has 0 saturated carbocycles. The molecule has 0 fully saturated rings. The molecule has 0 atom stereocenters. The molecule has 1 amide bonds. The summed E-state index contributed by atoms with van der Waals surface area (Å²) in [5.41, 5.74) is 4.19. The van der Waals surface area contributed by atoms with E-state index >= 15 is 0 Å². The molecule has 29 heavy (non-hydrogen) atoms. The molecule has 0 radical (unpaired) electrons. The lowest BCUT2D eigenvalue weighted by atomic mass is 10.2. The van der Waals surface area contributed by atoms with E-state index in [0.717, 1.165) is 15.9 Å². The smallest absolute Gasteiger partial charge is 0.283 e. The molecule has 2 heterocycles. The van der Waals surface area contributed by atoms with Crippen LogP contribution in [-0.4, -0.2) is 32.0 Å². The summed E-state index contributed by atoms with van der Waals surface area (Å²) in [5, 5.41) is 4.49. The molecule has 0 saturated heterocycles. The summed E-state index contributed by atoms with van der Waals surface area (Å²) in [6.45, 7) is 1.63. The molecule has 4 rings (SSSR count). The van der Waals surface area contributed by atoms with Crippen molar-refractivity contribution in [1.29, 1.82) is 0 Å². The van der Waals surface area contributed by atoms with Crippen LogP contribution in [0.15, 0.2) is 65.8 Å². The normalized spacial score (nSPS) is 10.8. The van der Waals surface area contributed by atoms with Crippen LogP contribution in [0.5, 0.6) is 5.75 Å². The van der Waals surface area contributed by atoms with Crippen LogP contribution in [0.2, 0.25) is 0 Å². The first kappa shape index (κ1) is 18.4. The van der Waals surface area contributed by atoms with Gasteiger partial charge in [0.15, 0.2) is 12.3 Å². The van der Waals surface area contributed by atoms with E-state index in [9.17, 15) is 14.0 Å². The van der Waals surface area contributed by atoms with Gasteiger partial charge in [-0.05, 0) is 43.3 Å². The standard InChI is InChI=1S/C20H16FN5O3/c1-13-2-6-15(7-3-13)26-19-17(10-23-26)20(28)25(12-22-19)24-18(27)11-29-16-8-4-14(21)5-9-16/h2-10,12H,11H2,1H3,(H,24,27). The number of carbonyl (C=O) groups excluding carboxylic acids is 1. The number of halogens is 1. The number of amides is 1. The molecule has 146 valence electrons. The molecule has 0 spiro atoms. The lowest BCUT2D eigenvalue weighted by Gasteiger charge is -2.09. The first-order valence-electron chi connectivity index (χ1n) is 8.72. The van der Waals surface area contributed by atoms with Crippen LogP contribution in [0.25, 0.3) is 16.7 Å². The van der Waals surface area contributed by atoms with E-state index in [0.29, 0.717) is 11.4 Å². The van der Waals surface area contributed by atoms with Gasteiger partial charge < -0.3 is 4.74 Å². The van der Waals surface area contributed by atoms with Gasteiger partial charge in [0.1, 0.15) is 23.3 Å². The number of fused-ring (bicyclic) bond motifs is 1. The number of nitrogens with one attached hydrogen (secondary N) is 1. The molecule has 0 aliphatic carbocycles. The van der Waals surface area contributed by atoms with Crippen LogP contribution in [-0.2, 0) is 4.79 Å². The molecular formula is C20H16FN5O3. The molecule has 8 nitrogen and oxygen atoms in total. The molecule has 0 bridgehead atoms. The summed E-state index contributed by atoms with van der Waals surface area (Å²) in [7, 11) is 0. The maximum Gasteiger partial charge on any atom is 0.283 e. The predicted molar refractivity (Wildman–Crippen MR) is 104 cm³/mol. The molecule has 0 unspecified atom stereocenters. The molecule has 0 aliphatic heterocycles. The van der Waals surface area contributed by atoms with Crippen molar-refractivity contribution in [2.24, 2.45) is 0 Å². The van der Waals surface area contributed by atoms with Gasteiger partial charge in [-0.1, -0.05) is 17.7 Å². The van der Waals surface area contributed by atoms with Gasteiger partial charge in [0.2, 0.25) is 0 Å². The van der Waals surface area contributed by atoms with Crippen molar-refractivity contribution in [1.82, 2.24) is 19.4 Å². The van der Waals surface area contributed by atoms with E-state index in [1.807, 2.05) is 31.2 Å². The van der Waals surface area contributed by atoms with Crippen molar-refractivity contribution in [2.45, 2.75) is 6.92 Å². The Labute approximate surface area is 164 Å². The Bertz CT molecular complexity index is 1230. The third-order valence-corrected chi connectivity index (χ3v) is 4.20. The van der Waals surface area contributed by atoms with E-state index in [4.69, 9.17) is 4.74 Å². The summed E-state index contributed by atoms with van der Waals surface area (Å²) < 4.78 is 20.7. The molecule has 4 aromatic rings. The first-order valence-corrected chi connectivity index (χ1v) is 8.72. The number of aromatic nitrogens is 4. The van der Waals surface area contributed by atoms with Gasteiger partial charge in [0, 0.05) is 0 Å². The fraction of sp³-hybridized carbons (Fsp3) is 0.100. The van der Waals surface area contributed by atoms with Gasteiger partial charge >= 0.3 is 0 Å². The lowest BCUT2D eigenvalue weighted by molar-refractivity contribution is -0.119. The number of rotatable bonds is 5. The van der Waals surface area contributed by atoms with Crippen molar-refractivity contribution < 1.29 is 13.9 Å². The van der Waals surface area contributed by atoms with Gasteiger partial charge in [0.25, 0.3) is 11.5 Å². The highest BCUT2D eigenvalue weighted by Crippen LogP contribution is 2.14. The number of benzene rings is 2. The van der Waals surface area contributed by atoms with Gasteiger partial charge in [-0.3, -0.25) is 15.0 Å². The Balaban J connectivity index is 1.52. The summed E-state index contributed by atoms with van der Waals surface area (Å²) >= 11 is 0. The minimum Gasteiger partial charge on any atom is -0.484 e. The Kier molecular flexibility index (Phi) is 4.78. The molecule has 0 aliphatic rings. The molecule has 9 heteroatoms. The van der Waals surface area contributed by atoms with Crippen molar-refractivity contribution in [3.63, 3.8) is 0 Å². The molecular weight excluding hydrogens is 377 g/mol. The van der Waals surface area contributed by atoms with Gasteiger partial charge in [-0.15, -0.1) is 0 Å². The second-order valence-electron chi connectivity index (χ2n) is 6.33. The fourth-order valence-corrected chi connectivity index (χ4v) is 2.71. The fourth-order valence-electron chi connectivity index (χ4n) is 2.71. The van der Waals surface area contributed by atoms with Gasteiger partial charge in [0.05, 0.1) is 11.9 Å². The SMILES string of the molecule is Cc1ccc(-n2ncc3c(=O)n(NC(=O)COc4ccc(F)cc4)cnc32)cc1. The minimum atomic E-state index is -0.566. The zero-order valence-corrected chi connectivity index (χ0v) is 15.4. The van der Waals surface area contributed by atoms with Crippen LogP contribution < -0.4 is 15.7 Å². The van der Waals surface area contributed by atoms with Gasteiger partial charge in [-0.2, -0.15) is 5.10 Å². The Hall–Kier alpha value is -4.01. The zero-order chi connectivity index (χ0) is 20.4. The Morgan fingerprint density at radius 2 is 1.86 bits per heavy atom. The molecule has 2 aromatic carbocycles. The molecule has 2 aromatic heterocycles. The topological polar surface area (TPSA) is 91.0 Å². The average Bonchev–Trinajstić information content (AvgIpc) is 3.15. The highest BCUT2D eigenvalue weighted by molar-refractivity contribution is 5.85. The van der Waals surface area contributed by atoms with E-state index in [1.54, 1.807) is 4.68 Å². The lowest BCUT2D eigenvalue weighted by Crippen LogP contribution is -2.35. The van der Waals surface area contributed by atoms with E-state index < -0.39 is 17.3 Å². The predicted octanol–water partition coefficient (Wildman–Crippen LogP) is 2.18. The van der Waals surface area contributed by atoms with Crippen molar-refractivity contribution >= 4 is 16.9 Å². The Morgan fingerprint density at radius 3 is 2.59 bits per heavy atom. The number of ether oxygens (including phenoxy) is 1. The third kappa shape index (κ3) is 3.84. The zero-order valence-electron chi connectivity index (χ0n) is 15.4. The maximum absolute atomic E-state index is 12.9. The maximum atomic E-state index is 12.9. The monoisotopic (exact) mass is 393 g/mol. The quantitative estimate of drug-likeness (QED) is 0.561. The number of hydrogen-bond donors (Lipinski definition) is 1. The van der Waals surface area contributed by atoms with Crippen LogP contribution in [0.4, 0.5) is 4.39 Å². The number of carbonyl (C=O) groups is 1. The van der Waals surface area contributed by atoms with Crippen LogP contribution in [0.1, 0.15) is 5.56 Å². The average molecular weight is 393 g/mol. The van der Waals surface area contributed by atoms with Crippen molar-refractivity contribution in [2.75, 3.05) is 12.0 Å². The van der Waals surface area contributed by atoms with Crippen LogP contribution in [0.3, 0.4) is 0 Å². The van der Waals surface area contributed by atoms with E-state index in [-0.39, 0.29) is 12.0 Å². The van der Waals surface area contributed by atoms with Crippen molar-refractivity contribution in [3.8, 4) is 11.4 Å². The van der Waals surface area contributed by atoms with Crippen molar-refractivity contribution in [3.05, 3.63) is 82.8 Å². The summed E-state index contributed by atoms with van der Waals surface area (Å²) in [5.74, 6) is -0.635. The number of aryl methyl sites for hydroxylation is 1. The van der Waals surface area contributed by atoms with E-state index in [2.05, 4.69) is 15.5 Å². The largest absolute Gasteiger partial charge is 0.484 e. The highest BCUT2D eigenvalue weighted by atomic mass is 19.1. The second kappa shape index (κ2) is 7.55. The van der Waals surface area contributed by atoms with E-state index in [1.165, 1.54) is 36.8 Å². The molecule has 1 N–H and O–H groups in total. The Morgan fingerprint density at radius 1 is 1.14 bits per heavy atom. The third-order valence-electron chi connectivity index (χ3n) is 4.20. The number of nitrogens with zero attached hydrogens (tertiary/aromatic N) is 4. The summed E-state index contributed by atoms with van der Waals surface area (Å²) in [6, 6.07) is 12.9. The van der Waals surface area contributed by atoms with Gasteiger partial charge in [-0.25, -0.2) is 18.7 Å². The minimum absolute atomic E-state index is 0.257. The summed E-state index contributed by atoms with van der Waals surface area (Å²) in [6.07, 6.45) is 2.62. The van der Waals surface area contributed by atoms with Crippen LogP contribution >= 0.6 is 0 Å². The number of hydrogen-bond acceptors (Lipinski definition) is 5. The van der Waals surface area contributed by atoms with Crippen LogP contribution in [0, 0.1) is 12.7 Å². The first-order chi connectivity index (χ1) is 14.0.